The summed E-state index contributed by atoms with van der Waals surface area (Å²) in [6.45, 7) is 0. The summed E-state index contributed by atoms with van der Waals surface area (Å²) < 4.78 is 2.01. The zero-order chi connectivity index (χ0) is 11.7. The summed E-state index contributed by atoms with van der Waals surface area (Å²) in [5.41, 5.74) is 5.80. The number of benzene rings is 1. The molecular weight excluding hydrogens is 204 g/mol. The molecule has 1 aromatic heterocycles. The highest BCUT2D eigenvalue weighted by Gasteiger charge is 2.18. The third-order valence-electron chi connectivity index (χ3n) is 2.80. The van der Waals surface area contributed by atoms with Gasteiger partial charge in [-0.25, -0.2) is 4.79 Å². The molecule has 4 heteroatoms. The second kappa shape index (κ2) is 3.98. The summed E-state index contributed by atoms with van der Waals surface area (Å²) >= 11 is 0. The van der Waals surface area contributed by atoms with Gasteiger partial charge in [0.1, 0.15) is 0 Å². The van der Waals surface area contributed by atoms with Crippen molar-refractivity contribution in [3.63, 3.8) is 0 Å². The van der Waals surface area contributed by atoms with Crippen LogP contribution in [-0.2, 0) is 18.3 Å². The lowest BCUT2D eigenvalue weighted by Crippen LogP contribution is -2.65. The highest BCUT2D eigenvalue weighted by Crippen LogP contribution is 2.20. The molecule has 2 aromatic rings. The number of quaternary nitrogens is 1. The molecule has 0 amide bonds. The maximum Gasteiger partial charge on any atom is 0.362 e. The van der Waals surface area contributed by atoms with Gasteiger partial charge in [-0.2, -0.15) is 0 Å². The first-order valence-corrected chi connectivity index (χ1v) is 5.18. The van der Waals surface area contributed by atoms with Gasteiger partial charge in [0.2, 0.25) is 0 Å². The van der Waals surface area contributed by atoms with E-state index in [-0.39, 0.29) is 0 Å². The molecule has 16 heavy (non-hydrogen) atoms. The summed E-state index contributed by atoms with van der Waals surface area (Å²) in [5.74, 6) is -0.854. The van der Waals surface area contributed by atoms with Crippen LogP contribution < -0.4 is 5.73 Å². The minimum Gasteiger partial charge on any atom is -0.477 e. The van der Waals surface area contributed by atoms with Gasteiger partial charge in [-0.1, -0.05) is 18.2 Å². The second-order valence-electron chi connectivity index (χ2n) is 4.02. The Morgan fingerprint density at radius 2 is 2.19 bits per heavy atom. The fourth-order valence-electron chi connectivity index (χ4n) is 1.94. The van der Waals surface area contributed by atoms with E-state index in [1.54, 1.807) is 0 Å². The Labute approximate surface area is 93.3 Å². The van der Waals surface area contributed by atoms with Crippen LogP contribution in [0.15, 0.2) is 30.5 Å². The summed E-state index contributed by atoms with van der Waals surface area (Å²) in [5, 5.41) is 9.96. The van der Waals surface area contributed by atoms with Crippen LogP contribution in [0, 0.1) is 0 Å². The standard InChI is InChI=1S/C12H14N2O2/c1-14-7-8(6-10(13)12(15)16)9-4-2-3-5-11(9)14/h2-5,7,10H,6,13H2,1H3,(H,15,16)/p+1/t10-/m1/s1. The Bertz CT molecular complexity index is 531. The number of carboxylic acid groups (broad SMARTS) is 1. The minimum absolute atomic E-state index is 0.469. The molecule has 0 fully saturated rings. The molecule has 1 atom stereocenters. The molecule has 1 aromatic carbocycles. The van der Waals surface area contributed by atoms with Gasteiger partial charge in [-0.15, -0.1) is 0 Å². The molecule has 84 valence electrons. The Balaban J connectivity index is 2.42. The normalized spacial score (nSPS) is 12.9. The average Bonchev–Trinajstić information content (AvgIpc) is 2.57. The van der Waals surface area contributed by atoms with Crippen LogP contribution in [0.1, 0.15) is 5.56 Å². The number of aryl methyl sites for hydroxylation is 1. The number of carbonyl (C=O) groups is 1. The molecule has 0 unspecified atom stereocenters. The smallest absolute Gasteiger partial charge is 0.362 e. The molecular formula is C12H15N2O2+. The molecule has 0 aliphatic rings. The fraction of sp³-hybridized carbons (Fsp3) is 0.250. The quantitative estimate of drug-likeness (QED) is 0.785. The van der Waals surface area contributed by atoms with Crippen molar-refractivity contribution in [3.8, 4) is 0 Å². The van der Waals surface area contributed by atoms with E-state index in [1.807, 2.05) is 42.1 Å². The van der Waals surface area contributed by atoms with Crippen molar-refractivity contribution in [2.75, 3.05) is 0 Å². The number of hydrogen-bond donors (Lipinski definition) is 2. The molecule has 2 rings (SSSR count). The topological polar surface area (TPSA) is 69.9 Å². The molecule has 0 radical (unpaired) electrons. The molecule has 1 heterocycles. The van der Waals surface area contributed by atoms with Crippen LogP contribution in [0.5, 0.6) is 0 Å². The summed E-state index contributed by atoms with van der Waals surface area (Å²) in [7, 11) is 1.96. The van der Waals surface area contributed by atoms with Crippen molar-refractivity contribution in [3.05, 3.63) is 36.0 Å². The van der Waals surface area contributed by atoms with E-state index in [9.17, 15) is 4.79 Å². The van der Waals surface area contributed by atoms with Gasteiger partial charge in [-0.3, -0.25) is 0 Å². The zero-order valence-electron chi connectivity index (χ0n) is 9.18. The molecule has 0 aliphatic carbocycles. The van der Waals surface area contributed by atoms with E-state index < -0.39 is 12.0 Å². The van der Waals surface area contributed by atoms with E-state index in [2.05, 4.69) is 5.73 Å². The van der Waals surface area contributed by atoms with Crippen LogP contribution in [0.3, 0.4) is 0 Å². The predicted molar refractivity (Wildman–Crippen MR) is 60.9 cm³/mol. The molecule has 4 N–H and O–H groups in total. The lowest BCUT2D eigenvalue weighted by molar-refractivity contribution is -0.407. The third kappa shape index (κ3) is 1.79. The van der Waals surface area contributed by atoms with Gasteiger partial charge in [-0.05, 0) is 11.6 Å². The predicted octanol–water partition coefficient (Wildman–Crippen LogP) is 0.416. The largest absolute Gasteiger partial charge is 0.477 e. The van der Waals surface area contributed by atoms with Crippen LogP contribution in [0.25, 0.3) is 10.9 Å². The van der Waals surface area contributed by atoms with Crippen molar-refractivity contribution >= 4 is 16.9 Å². The second-order valence-corrected chi connectivity index (χ2v) is 4.02. The number of hydrogen-bond acceptors (Lipinski definition) is 1. The minimum atomic E-state index is -0.854. The van der Waals surface area contributed by atoms with Gasteiger partial charge >= 0.3 is 5.97 Å². The first kappa shape index (κ1) is 10.7. The molecule has 0 bridgehead atoms. The monoisotopic (exact) mass is 219 g/mol. The van der Waals surface area contributed by atoms with Gasteiger partial charge in [0, 0.05) is 30.6 Å². The molecule has 0 aliphatic heterocycles. The Kier molecular flexibility index (Phi) is 2.66. The van der Waals surface area contributed by atoms with Crippen LogP contribution in [0.2, 0.25) is 0 Å². The number of carboxylic acids is 1. The van der Waals surface area contributed by atoms with Gasteiger partial charge < -0.3 is 15.4 Å². The summed E-state index contributed by atoms with van der Waals surface area (Å²) in [4.78, 5) is 10.8. The number of nitrogens with zero attached hydrogens (tertiary/aromatic N) is 1. The van der Waals surface area contributed by atoms with Crippen molar-refractivity contribution in [1.29, 1.82) is 0 Å². The first-order chi connectivity index (χ1) is 7.59. The SMILES string of the molecule is Cn1cc(C[C@@H]([NH3+])C(=O)O)c2ccccc21. The maximum absolute atomic E-state index is 10.8. The number of para-hydroxylation sites is 1. The van der Waals surface area contributed by atoms with Crippen LogP contribution in [0.4, 0.5) is 0 Å². The zero-order valence-corrected chi connectivity index (χ0v) is 9.18. The lowest BCUT2D eigenvalue weighted by atomic mass is 10.1. The van der Waals surface area contributed by atoms with Gasteiger partial charge in [0.15, 0.2) is 6.04 Å². The first-order valence-electron chi connectivity index (χ1n) is 5.18. The number of rotatable bonds is 3. The highest BCUT2D eigenvalue weighted by atomic mass is 16.4. The Hall–Kier alpha value is -1.81. The van der Waals surface area contributed by atoms with Gasteiger partial charge in [0.25, 0.3) is 0 Å². The third-order valence-corrected chi connectivity index (χ3v) is 2.80. The number of aliphatic carboxylic acids is 1. The van der Waals surface area contributed by atoms with E-state index in [1.165, 1.54) is 0 Å². The van der Waals surface area contributed by atoms with E-state index in [0.717, 1.165) is 16.5 Å². The van der Waals surface area contributed by atoms with E-state index >= 15 is 0 Å². The van der Waals surface area contributed by atoms with E-state index in [4.69, 9.17) is 5.11 Å². The molecule has 0 saturated carbocycles. The van der Waals surface area contributed by atoms with Crippen LogP contribution >= 0.6 is 0 Å². The maximum atomic E-state index is 10.8. The number of fused-ring (bicyclic) bond motifs is 1. The van der Waals surface area contributed by atoms with Crippen LogP contribution in [-0.4, -0.2) is 21.7 Å². The number of aromatic nitrogens is 1. The fourth-order valence-corrected chi connectivity index (χ4v) is 1.94. The van der Waals surface area contributed by atoms with E-state index in [0.29, 0.717) is 6.42 Å². The molecule has 0 saturated heterocycles. The highest BCUT2D eigenvalue weighted by molar-refractivity contribution is 5.84. The van der Waals surface area contributed by atoms with Gasteiger partial charge in [0.05, 0.1) is 0 Å². The Morgan fingerprint density at radius 3 is 2.88 bits per heavy atom. The van der Waals surface area contributed by atoms with Crippen molar-refractivity contribution in [2.24, 2.45) is 7.05 Å². The Morgan fingerprint density at radius 1 is 1.50 bits per heavy atom. The summed E-state index contributed by atoms with van der Waals surface area (Å²) in [6, 6.07) is 7.39. The molecule has 0 spiro atoms. The lowest BCUT2D eigenvalue weighted by Gasteiger charge is -2.01. The summed E-state index contributed by atoms with van der Waals surface area (Å²) in [6.07, 6.45) is 2.45. The van der Waals surface area contributed by atoms with Crippen molar-refractivity contribution in [2.45, 2.75) is 12.5 Å². The van der Waals surface area contributed by atoms with Crippen molar-refractivity contribution < 1.29 is 15.6 Å². The van der Waals surface area contributed by atoms with Crippen molar-refractivity contribution in [1.82, 2.24) is 4.57 Å². The molecule has 4 nitrogen and oxygen atoms in total. The average molecular weight is 219 g/mol.